The van der Waals surface area contributed by atoms with E-state index in [2.05, 4.69) is 31.0 Å². The molecule has 1 aromatic carbocycles. The predicted molar refractivity (Wildman–Crippen MR) is 77.1 cm³/mol. The van der Waals surface area contributed by atoms with Gasteiger partial charge in [0.2, 0.25) is 0 Å². The molecule has 1 aromatic rings. The summed E-state index contributed by atoms with van der Waals surface area (Å²) in [5.74, 6) is 0.761. The molecule has 19 heavy (non-hydrogen) atoms. The molecule has 0 saturated heterocycles. The van der Waals surface area contributed by atoms with E-state index in [9.17, 15) is 4.79 Å². The van der Waals surface area contributed by atoms with E-state index in [-0.39, 0.29) is 17.6 Å². The van der Waals surface area contributed by atoms with Crippen molar-refractivity contribution in [2.24, 2.45) is 5.92 Å². The van der Waals surface area contributed by atoms with Crippen LogP contribution in [0.3, 0.4) is 0 Å². The van der Waals surface area contributed by atoms with Crippen LogP contribution in [0.2, 0.25) is 0 Å². The van der Waals surface area contributed by atoms with Gasteiger partial charge in [0.05, 0.1) is 5.56 Å². The molecule has 1 amide bonds. The van der Waals surface area contributed by atoms with Crippen LogP contribution in [0, 0.1) is 5.92 Å². The van der Waals surface area contributed by atoms with E-state index in [1.54, 1.807) is 0 Å². The molecule has 1 fully saturated rings. The van der Waals surface area contributed by atoms with Gasteiger partial charge < -0.3 is 10.2 Å². The maximum atomic E-state index is 12.9. The normalized spacial score (nSPS) is 27.7. The van der Waals surface area contributed by atoms with Crippen LogP contribution in [0.1, 0.15) is 50.4 Å². The molecule has 2 aliphatic rings. The molecule has 1 aliphatic carbocycles. The van der Waals surface area contributed by atoms with Crippen molar-refractivity contribution in [3.05, 3.63) is 29.8 Å². The molecule has 1 saturated carbocycles. The van der Waals surface area contributed by atoms with Gasteiger partial charge in [0, 0.05) is 17.6 Å². The van der Waals surface area contributed by atoms with Gasteiger partial charge in [0.25, 0.3) is 5.91 Å². The average Bonchev–Trinajstić information content (AvgIpc) is 3.23. The van der Waals surface area contributed by atoms with Crippen molar-refractivity contribution in [2.45, 2.75) is 51.7 Å². The molecule has 1 heterocycles. The number of nitrogens with one attached hydrogen (secondary N) is 1. The van der Waals surface area contributed by atoms with Crippen molar-refractivity contribution in [1.82, 2.24) is 4.90 Å². The molecule has 0 aromatic heterocycles. The minimum atomic E-state index is -0.221. The summed E-state index contributed by atoms with van der Waals surface area (Å²) in [6, 6.07) is 8.13. The summed E-state index contributed by atoms with van der Waals surface area (Å²) in [6.07, 6.45) is 3.41. The Morgan fingerprint density at radius 1 is 1.42 bits per heavy atom. The molecule has 1 aliphatic heterocycles. The Balaban J connectivity index is 2.07. The lowest BCUT2D eigenvalue weighted by atomic mass is 9.94. The highest BCUT2D eigenvalue weighted by Crippen LogP contribution is 2.47. The van der Waals surface area contributed by atoms with Crippen molar-refractivity contribution >= 4 is 11.6 Å². The summed E-state index contributed by atoms with van der Waals surface area (Å²) in [7, 11) is 0. The Morgan fingerprint density at radius 3 is 2.74 bits per heavy atom. The largest absolute Gasteiger partial charge is 0.362 e. The Labute approximate surface area is 115 Å². The van der Waals surface area contributed by atoms with Crippen LogP contribution in [-0.2, 0) is 0 Å². The third kappa shape index (κ3) is 1.83. The zero-order chi connectivity index (χ0) is 13.6. The second-order valence-corrected chi connectivity index (χ2v) is 6.02. The highest BCUT2D eigenvalue weighted by atomic mass is 16.2. The van der Waals surface area contributed by atoms with Crippen molar-refractivity contribution in [3.8, 4) is 0 Å². The van der Waals surface area contributed by atoms with E-state index >= 15 is 0 Å². The molecule has 0 spiro atoms. The zero-order valence-corrected chi connectivity index (χ0v) is 11.9. The first-order valence-electron chi connectivity index (χ1n) is 7.28. The van der Waals surface area contributed by atoms with E-state index in [1.807, 2.05) is 24.3 Å². The van der Waals surface area contributed by atoms with Gasteiger partial charge in [-0.3, -0.25) is 4.79 Å². The number of amides is 1. The van der Waals surface area contributed by atoms with Crippen molar-refractivity contribution in [3.63, 3.8) is 0 Å². The van der Waals surface area contributed by atoms with Gasteiger partial charge in [0.1, 0.15) is 5.66 Å². The lowest BCUT2D eigenvalue weighted by molar-refractivity contribution is 0.0348. The van der Waals surface area contributed by atoms with Crippen molar-refractivity contribution < 1.29 is 4.79 Å². The molecule has 1 N–H and O–H groups in total. The third-order valence-electron chi connectivity index (χ3n) is 4.67. The Morgan fingerprint density at radius 2 is 2.11 bits per heavy atom. The van der Waals surface area contributed by atoms with Gasteiger partial charge in [-0.15, -0.1) is 0 Å². The minimum Gasteiger partial charge on any atom is -0.362 e. The maximum absolute atomic E-state index is 12.9. The number of benzene rings is 1. The number of anilines is 1. The van der Waals surface area contributed by atoms with Crippen molar-refractivity contribution in [2.75, 3.05) is 5.32 Å². The molecule has 3 nitrogen and oxygen atoms in total. The van der Waals surface area contributed by atoms with Crippen LogP contribution in [0.4, 0.5) is 5.69 Å². The topological polar surface area (TPSA) is 32.3 Å². The molecule has 3 heteroatoms. The molecule has 2 atom stereocenters. The SMILES string of the molecule is CCC(C)N1C(=O)c2ccccc2NC1(C)C1CC1. The van der Waals surface area contributed by atoms with Crippen molar-refractivity contribution in [1.29, 1.82) is 0 Å². The Bertz CT molecular complexity index is 509. The number of para-hydroxylation sites is 1. The summed E-state index contributed by atoms with van der Waals surface area (Å²) in [6.45, 7) is 6.48. The summed E-state index contributed by atoms with van der Waals surface area (Å²) in [4.78, 5) is 14.9. The molecule has 2 unspecified atom stereocenters. The minimum absolute atomic E-state index is 0.179. The lowest BCUT2D eigenvalue weighted by Gasteiger charge is -2.49. The van der Waals surface area contributed by atoms with E-state index < -0.39 is 0 Å². The summed E-state index contributed by atoms with van der Waals surface area (Å²) in [5.41, 5.74) is 1.57. The zero-order valence-electron chi connectivity index (χ0n) is 11.9. The van der Waals surface area contributed by atoms with E-state index in [1.165, 1.54) is 12.8 Å². The molecule has 102 valence electrons. The number of carbonyl (C=O) groups excluding carboxylic acids is 1. The molecular formula is C16H22N2O. The number of carbonyl (C=O) groups is 1. The summed E-state index contributed by atoms with van der Waals surface area (Å²) >= 11 is 0. The number of hydrogen-bond acceptors (Lipinski definition) is 2. The monoisotopic (exact) mass is 258 g/mol. The van der Waals surface area contributed by atoms with Crippen LogP contribution in [0.15, 0.2) is 24.3 Å². The quantitative estimate of drug-likeness (QED) is 0.900. The maximum Gasteiger partial charge on any atom is 0.258 e. The second-order valence-electron chi connectivity index (χ2n) is 6.02. The molecule has 0 radical (unpaired) electrons. The van der Waals surface area contributed by atoms with Gasteiger partial charge in [-0.2, -0.15) is 0 Å². The highest BCUT2D eigenvalue weighted by Gasteiger charge is 2.51. The highest BCUT2D eigenvalue weighted by molar-refractivity contribution is 6.02. The molecule has 3 rings (SSSR count). The average molecular weight is 258 g/mol. The fraction of sp³-hybridized carbons (Fsp3) is 0.562. The molecular weight excluding hydrogens is 236 g/mol. The van der Waals surface area contributed by atoms with Gasteiger partial charge in [0.15, 0.2) is 0 Å². The number of fused-ring (bicyclic) bond motifs is 1. The van der Waals surface area contributed by atoms with Crippen LogP contribution < -0.4 is 5.32 Å². The number of nitrogens with zero attached hydrogens (tertiary/aromatic N) is 1. The van der Waals surface area contributed by atoms with Gasteiger partial charge in [-0.1, -0.05) is 19.1 Å². The molecule has 0 bridgehead atoms. The van der Waals surface area contributed by atoms with E-state index in [0.29, 0.717) is 5.92 Å². The summed E-state index contributed by atoms with van der Waals surface area (Å²) in [5, 5.41) is 3.64. The smallest absolute Gasteiger partial charge is 0.258 e. The van der Waals surface area contributed by atoms with Crippen LogP contribution in [-0.4, -0.2) is 22.5 Å². The third-order valence-corrected chi connectivity index (χ3v) is 4.67. The van der Waals surface area contributed by atoms with Gasteiger partial charge >= 0.3 is 0 Å². The number of hydrogen-bond donors (Lipinski definition) is 1. The first-order valence-corrected chi connectivity index (χ1v) is 7.28. The summed E-state index contributed by atoms with van der Waals surface area (Å²) < 4.78 is 0. The fourth-order valence-corrected chi connectivity index (χ4v) is 3.24. The Kier molecular flexibility index (Phi) is 2.80. The Hall–Kier alpha value is -1.51. The van der Waals surface area contributed by atoms with Crippen LogP contribution in [0.5, 0.6) is 0 Å². The first kappa shape index (κ1) is 12.5. The predicted octanol–water partition coefficient (Wildman–Crippen LogP) is 3.48. The fourth-order valence-electron chi connectivity index (χ4n) is 3.24. The van der Waals surface area contributed by atoms with Crippen LogP contribution >= 0.6 is 0 Å². The second kappa shape index (κ2) is 4.26. The standard InChI is InChI=1S/C16H22N2O/c1-4-11(2)18-15(19)13-7-5-6-8-14(13)17-16(18,3)12-9-10-12/h5-8,11-12,17H,4,9-10H2,1-3H3. The van der Waals surface area contributed by atoms with Gasteiger partial charge in [-0.25, -0.2) is 0 Å². The number of rotatable bonds is 3. The van der Waals surface area contributed by atoms with Gasteiger partial charge in [-0.05, 0) is 45.2 Å². The first-order chi connectivity index (χ1) is 9.08. The van der Waals surface area contributed by atoms with E-state index in [0.717, 1.165) is 17.7 Å². The lowest BCUT2D eigenvalue weighted by Crippen LogP contribution is -2.62. The van der Waals surface area contributed by atoms with E-state index in [4.69, 9.17) is 0 Å². The van der Waals surface area contributed by atoms with Crippen LogP contribution in [0.25, 0.3) is 0 Å².